The third-order valence-electron chi connectivity index (χ3n) is 3.73. The van der Waals surface area contributed by atoms with Crippen LogP contribution in [0.5, 0.6) is 0 Å². The minimum atomic E-state index is -0.288. The number of nitrogens with one attached hydrogen (secondary N) is 1. The summed E-state index contributed by atoms with van der Waals surface area (Å²) in [4.78, 5) is 13.6. The lowest BCUT2D eigenvalue weighted by molar-refractivity contribution is -0.0111. The van der Waals surface area contributed by atoms with Gasteiger partial charge < -0.3 is 10.1 Å². The molecule has 4 nitrogen and oxygen atoms in total. The third kappa shape index (κ3) is 2.34. The van der Waals surface area contributed by atoms with Crippen molar-refractivity contribution < 1.29 is 9.53 Å². The average molecular weight is 246 g/mol. The van der Waals surface area contributed by atoms with Crippen molar-refractivity contribution in [2.75, 3.05) is 19.6 Å². The van der Waals surface area contributed by atoms with Gasteiger partial charge in [-0.15, -0.1) is 0 Å². The van der Waals surface area contributed by atoms with E-state index in [4.69, 9.17) is 4.74 Å². The van der Waals surface area contributed by atoms with Gasteiger partial charge in [0.25, 0.3) is 0 Å². The molecule has 0 saturated carbocycles. The normalized spacial score (nSPS) is 28.1. The molecule has 1 atom stereocenters. The van der Waals surface area contributed by atoms with E-state index >= 15 is 0 Å². The molecule has 2 aliphatic heterocycles. The van der Waals surface area contributed by atoms with Crippen molar-refractivity contribution in [3.05, 3.63) is 35.9 Å². The first-order chi connectivity index (χ1) is 8.76. The first-order valence-electron chi connectivity index (χ1n) is 6.49. The number of rotatable bonds is 2. The third-order valence-corrected chi connectivity index (χ3v) is 3.73. The van der Waals surface area contributed by atoms with Crippen LogP contribution >= 0.6 is 0 Å². The Morgan fingerprint density at radius 1 is 1.33 bits per heavy atom. The predicted octanol–water partition coefficient (Wildman–Crippen LogP) is 1.76. The minimum absolute atomic E-state index is 0.267. The maximum atomic E-state index is 11.2. The Balaban J connectivity index is 1.66. The molecule has 1 unspecified atom stereocenters. The zero-order valence-electron chi connectivity index (χ0n) is 10.4. The maximum absolute atomic E-state index is 11.2. The molecule has 3 rings (SSSR count). The highest BCUT2D eigenvalue weighted by molar-refractivity contribution is 5.70. The largest absolute Gasteiger partial charge is 0.440 e. The van der Waals surface area contributed by atoms with E-state index < -0.39 is 0 Å². The zero-order chi connectivity index (χ0) is 12.4. The van der Waals surface area contributed by atoms with Crippen molar-refractivity contribution >= 4 is 6.09 Å². The van der Waals surface area contributed by atoms with E-state index in [1.807, 2.05) is 6.07 Å². The minimum Gasteiger partial charge on any atom is -0.440 e. The van der Waals surface area contributed by atoms with Crippen LogP contribution in [0.25, 0.3) is 0 Å². The quantitative estimate of drug-likeness (QED) is 0.864. The number of carbonyl (C=O) groups excluding carboxylic acids is 1. The Labute approximate surface area is 107 Å². The summed E-state index contributed by atoms with van der Waals surface area (Å²) in [6.07, 6.45) is 1.79. The van der Waals surface area contributed by atoms with E-state index in [-0.39, 0.29) is 11.7 Å². The fourth-order valence-corrected chi connectivity index (χ4v) is 2.90. The molecule has 2 heterocycles. The van der Waals surface area contributed by atoms with Gasteiger partial charge in [-0.1, -0.05) is 30.3 Å². The average Bonchev–Trinajstić information content (AvgIpc) is 2.72. The Morgan fingerprint density at radius 2 is 2.17 bits per heavy atom. The number of ether oxygens (including phenoxy) is 1. The monoisotopic (exact) mass is 246 g/mol. The fraction of sp³-hybridized carbons (Fsp3) is 0.500. The second-order valence-corrected chi connectivity index (χ2v) is 5.23. The zero-order valence-corrected chi connectivity index (χ0v) is 10.4. The summed E-state index contributed by atoms with van der Waals surface area (Å²) in [6.45, 7) is 3.49. The lowest BCUT2D eigenvalue weighted by Crippen LogP contribution is -2.50. The number of carbonyl (C=O) groups is 1. The van der Waals surface area contributed by atoms with Crippen molar-refractivity contribution in [1.29, 1.82) is 0 Å². The summed E-state index contributed by atoms with van der Waals surface area (Å²) in [5, 5.41) is 2.78. The number of benzene rings is 1. The van der Waals surface area contributed by atoms with Crippen molar-refractivity contribution in [3.63, 3.8) is 0 Å². The number of nitrogens with zero attached hydrogens (tertiary/aromatic N) is 1. The molecule has 0 radical (unpaired) electrons. The summed E-state index contributed by atoms with van der Waals surface area (Å²) in [5.41, 5.74) is 1.02. The van der Waals surface area contributed by atoms with Gasteiger partial charge in [0.05, 0.1) is 6.54 Å². The molecule has 0 aromatic heterocycles. The standard InChI is InChI=1S/C14H18N2O2/c17-13-15-10-14(18-13)7-4-8-16(11-14)9-12-5-2-1-3-6-12/h1-3,5-6H,4,7-11H2,(H,15,17). The summed E-state index contributed by atoms with van der Waals surface area (Å²) in [6, 6.07) is 10.4. The van der Waals surface area contributed by atoms with Gasteiger partial charge in [0.15, 0.2) is 0 Å². The molecule has 0 bridgehead atoms. The Morgan fingerprint density at radius 3 is 2.89 bits per heavy atom. The number of hydrogen-bond donors (Lipinski definition) is 1. The van der Waals surface area contributed by atoms with Crippen LogP contribution in [-0.4, -0.2) is 36.2 Å². The van der Waals surface area contributed by atoms with Gasteiger partial charge >= 0.3 is 6.09 Å². The van der Waals surface area contributed by atoms with Gasteiger partial charge in [0.2, 0.25) is 0 Å². The van der Waals surface area contributed by atoms with Crippen LogP contribution in [0.2, 0.25) is 0 Å². The molecule has 2 fully saturated rings. The summed E-state index contributed by atoms with van der Waals surface area (Å²) in [7, 11) is 0. The summed E-state index contributed by atoms with van der Waals surface area (Å²) < 4.78 is 5.47. The highest BCUT2D eigenvalue weighted by atomic mass is 16.6. The van der Waals surface area contributed by atoms with Crippen LogP contribution < -0.4 is 5.32 Å². The molecule has 1 aromatic rings. The van der Waals surface area contributed by atoms with Gasteiger partial charge in [0.1, 0.15) is 5.60 Å². The molecule has 1 aromatic carbocycles. The van der Waals surface area contributed by atoms with E-state index in [2.05, 4.69) is 34.5 Å². The van der Waals surface area contributed by atoms with E-state index in [1.54, 1.807) is 0 Å². The van der Waals surface area contributed by atoms with Crippen LogP contribution in [0.15, 0.2) is 30.3 Å². The topological polar surface area (TPSA) is 41.6 Å². The molecular formula is C14H18N2O2. The van der Waals surface area contributed by atoms with E-state index in [9.17, 15) is 4.79 Å². The van der Waals surface area contributed by atoms with Crippen LogP contribution in [0.4, 0.5) is 4.79 Å². The first-order valence-corrected chi connectivity index (χ1v) is 6.49. The second kappa shape index (κ2) is 4.61. The van der Waals surface area contributed by atoms with Crippen molar-refractivity contribution in [2.45, 2.75) is 25.0 Å². The van der Waals surface area contributed by atoms with Crippen LogP contribution in [-0.2, 0) is 11.3 Å². The molecule has 96 valence electrons. The molecule has 1 spiro atoms. The van der Waals surface area contributed by atoms with Gasteiger partial charge in [-0.2, -0.15) is 0 Å². The highest BCUT2D eigenvalue weighted by Gasteiger charge is 2.43. The molecule has 18 heavy (non-hydrogen) atoms. The lowest BCUT2D eigenvalue weighted by Gasteiger charge is -2.38. The van der Waals surface area contributed by atoms with Gasteiger partial charge in [0, 0.05) is 13.1 Å². The van der Waals surface area contributed by atoms with E-state index in [0.717, 1.165) is 32.5 Å². The summed E-state index contributed by atoms with van der Waals surface area (Å²) in [5.74, 6) is 0. The number of alkyl carbamates (subject to hydrolysis) is 1. The van der Waals surface area contributed by atoms with E-state index in [1.165, 1.54) is 5.56 Å². The molecule has 2 saturated heterocycles. The second-order valence-electron chi connectivity index (χ2n) is 5.23. The smallest absolute Gasteiger partial charge is 0.407 e. The maximum Gasteiger partial charge on any atom is 0.407 e. The molecule has 0 aliphatic carbocycles. The Kier molecular flexibility index (Phi) is 2.96. The molecule has 1 N–H and O–H groups in total. The van der Waals surface area contributed by atoms with Gasteiger partial charge in [-0.05, 0) is 24.9 Å². The predicted molar refractivity (Wildman–Crippen MR) is 68.2 cm³/mol. The molecule has 2 aliphatic rings. The van der Waals surface area contributed by atoms with Crippen molar-refractivity contribution in [3.8, 4) is 0 Å². The molecule has 4 heteroatoms. The number of piperidine rings is 1. The van der Waals surface area contributed by atoms with E-state index in [0.29, 0.717) is 6.54 Å². The SMILES string of the molecule is O=C1NCC2(CCCN(Cc3ccccc3)C2)O1. The Hall–Kier alpha value is -1.55. The number of amides is 1. The summed E-state index contributed by atoms with van der Waals surface area (Å²) >= 11 is 0. The fourth-order valence-electron chi connectivity index (χ4n) is 2.90. The first kappa shape index (κ1) is 11.5. The number of likely N-dealkylation sites (tertiary alicyclic amines) is 1. The van der Waals surface area contributed by atoms with Crippen LogP contribution in [0.1, 0.15) is 18.4 Å². The van der Waals surface area contributed by atoms with Crippen LogP contribution in [0, 0.1) is 0 Å². The van der Waals surface area contributed by atoms with Crippen molar-refractivity contribution in [2.24, 2.45) is 0 Å². The Bertz CT molecular complexity index is 435. The molecular weight excluding hydrogens is 228 g/mol. The van der Waals surface area contributed by atoms with Crippen LogP contribution in [0.3, 0.4) is 0 Å². The lowest BCUT2D eigenvalue weighted by atomic mass is 9.93. The van der Waals surface area contributed by atoms with Gasteiger partial charge in [-0.25, -0.2) is 4.79 Å². The highest BCUT2D eigenvalue weighted by Crippen LogP contribution is 2.28. The number of hydrogen-bond acceptors (Lipinski definition) is 3. The van der Waals surface area contributed by atoms with Crippen molar-refractivity contribution in [1.82, 2.24) is 10.2 Å². The van der Waals surface area contributed by atoms with Gasteiger partial charge in [-0.3, -0.25) is 4.90 Å². The molecule has 1 amide bonds.